The molecule has 0 aliphatic heterocycles. The minimum Gasteiger partial charge on any atom is -0.382 e. The molecule has 0 spiro atoms. The average molecular weight is 201 g/mol. The van der Waals surface area contributed by atoms with Crippen molar-refractivity contribution in [3.63, 3.8) is 0 Å². The Kier molecular flexibility index (Phi) is 9.42. The highest BCUT2D eigenvalue weighted by atomic mass is 16.5. The van der Waals surface area contributed by atoms with Gasteiger partial charge in [-0.2, -0.15) is 0 Å². The van der Waals surface area contributed by atoms with E-state index in [0.29, 0.717) is 6.04 Å². The van der Waals surface area contributed by atoms with Crippen molar-refractivity contribution in [2.45, 2.75) is 53.0 Å². The third kappa shape index (κ3) is 10.0. The van der Waals surface area contributed by atoms with Crippen LogP contribution in [0.15, 0.2) is 0 Å². The fraction of sp³-hybridized carbons (Fsp3) is 1.00. The Morgan fingerprint density at radius 2 is 1.86 bits per heavy atom. The summed E-state index contributed by atoms with van der Waals surface area (Å²) < 4.78 is 5.31. The highest BCUT2D eigenvalue weighted by molar-refractivity contribution is 4.58. The van der Waals surface area contributed by atoms with Gasteiger partial charge < -0.3 is 10.1 Å². The van der Waals surface area contributed by atoms with E-state index in [-0.39, 0.29) is 0 Å². The molecule has 0 rings (SSSR count). The zero-order valence-corrected chi connectivity index (χ0v) is 10.3. The highest BCUT2D eigenvalue weighted by Crippen LogP contribution is 2.09. The first kappa shape index (κ1) is 13.9. The van der Waals surface area contributed by atoms with Gasteiger partial charge in [0.1, 0.15) is 0 Å². The smallest absolute Gasteiger partial charge is 0.0465 e. The lowest BCUT2D eigenvalue weighted by molar-refractivity contribution is 0.139. The van der Waals surface area contributed by atoms with E-state index in [4.69, 9.17) is 4.74 Å². The molecule has 0 fully saturated rings. The molecule has 2 heteroatoms. The number of hydrogen-bond acceptors (Lipinski definition) is 2. The van der Waals surface area contributed by atoms with Crippen LogP contribution in [0, 0.1) is 5.92 Å². The van der Waals surface area contributed by atoms with Gasteiger partial charge in [-0.1, -0.05) is 20.8 Å². The first-order chi connectivity index (χ1) is 6.66. The molecule has 2 nitrogen and oxygen atoms in total. The summed E-state index contributed by atoms with van der Waals surface area (Å²) in [6.45, 7) is 11.7. The van der Waals surface area contributed by atoms with Crippen molar-refractivity contribution >= 4 is 0 Å². The van der Waals surface area contributed by atoms with Gasteiger partial charge in [-0.3, -0.25) is 0 Å². The van der Waals surface area contributed by atoms with Crippen LogP contribution in [0.5, 0.6) is 0 Å². The molecule has 0 aliphatic carbocycles. The van der Waals surface area contributed by atoms with Gasteiger partial charge in [-0.05, 0) is 38.6 Å². The number of ether oxygens (including phenoxy) is 1. The average Bonchev–Trinajstić information content (AvgIpc) is 2.12. The van der Waals surface area contributed by atoms with Crippen molar-refractivity contribution in [2.75, 3.05) is 19.8 Å². The first-order valence-corrected chi connectivity index (χ1v) is 5.98. The van der Waals surface area contributed by atoms with E-state index in [9.17, 15) is 0 Å². The molecule has 14 heavy (non-hydrogen) atoms. The van der Waals surface area contributed by atoms with Crippen molar-refractivity contribution in [1.29, 1.82) is 0 Å². The Labute approximate surface area is 89.4 Å². The fourth-order valence-corrected chi connectivity index (χ4v) is 1.44. The van der Waals surface area contributed by atoms with Crippen LogP contribution in [-0.4, -0.2) is 25.8 Å². The normalized spacial score (nSPS) is 13.5. The second kappa shape index (κ2) is 9.47. The molecule has 1 unspecified atom stereocenters. The molecular formula is C12H27NO. The standard InChI is InChI=1S/C12H27NO/c1-5-14-10-6-7-12(4)8-9-13-11(2)3/h11-13H,5-10H2,1-4H3. The van der Waals surface area contributed by atoms with Crippen LogP contribution in [0.4, 0.5) is 0 Å². The number of hydrogen-bond donors (Lipinski definition) is 1. The van der Waals surface area contributed by atoms with Crippen LogP contribution in [0.2, 0.25) is 0 Å². The minimum atomic E-state index is 0.616. The Morgan fingerprint density at radius 1 is 1.14 bits per heavy atom. The molecule has 1 N–H and O–H groups in total. The predicted octanol–water partition coefficient (Wildman–Crippen LogP) is 2.83. The van der Waals surface area contributed by atoms with E-state index in [1.165, 1.54) is 19.3 Å². The van der Waals surface area contributed by atoms with Crippen LogP contribution in [-0.2, 0) is 4.74 Å². The van der Waals surface area contributed by atoms with Gasteiger partial charge in [-0.25, -0.2) is 0 Å². The molecule has 1 atom stereocenters. The van der Waals surface area contributed by atoms with Crippen molar-refractivity contribution in [3.05, 3.63) is 0 Å². The molecule has 0 aromatic carbocycles. The highest BCUT2D eigenvalue weighted by Gasteiger charge is 2.02. The van der Waals surface area contributed by atoms with E-state index in [0.717, 1.165) is 25.7 Å². The largest absolute Gasteiger partial charge is 0.382 e. The molecule has 0 aliphatic rings. The second-order valence-electron chi connectivity index (χ2n) is 4.34. The lowest BCUT2D eigenvalue weighted by Gasteiger charge is -2.13. The van der Waals surface area contributed by atoms with Crippen molar-refractivity contribution in [1.82, 2.24) is 5.32 Å². The van der Waals surface area contributed by atoms with Crippen LogP contribution in [0.25, 0.3) is 0 Å². The molecule has 0 aromatic rings. The van der Waals surface area contributed by atoms with Crippen molar-refractivity contribution in [3.8, 4) is 0 Å². The maximum atomic E-state index is 5.31. The predicted molar refractivity (Wildman–Crippen MR) is 62.6 cm³/mol. The molecule has 0 heterocycles. The Hall–Kier alpha value is -0.0800. The van der Waals surface area contributed by atoms with Gasteiger partial charge in [0.15, 0.2) is 0 Å². The summed E-state index contributed by atoms with van der Waals surface area (Å²) in [5, 5.41) is 3.45. The van der Waals surface area contributed by atoms with E-state index in [2.05, 4.69) is 33.0 Å². The Bertz CT molecular complexity index is 115. The van der Waals surface area contributed by atoms with Gasteiger partial charge in [0.05, 0.1) is 0 Å². The molecule has 0 amide bonds. The molecule has 86 valence electrons. The summed E-state index contributed by atoms with van der Waals surface area (Å²) in [5.41, 5.74) is 0. The van der Waals surface area contributed by atoms with Gasteiger partial charge in [0.25, 0.3) is 0 Å². The van der Waals surface area contributed by atoms with Crippen LogP contribution < -0.4 is 5.32 Å². The van der Waals surface area contributed by atoms with Crippen molar-refractivity contribution < 1.29 is 4.74 Å². The van der Waals surface area contributed by atoms with Gasteiger partial charge in [0.2, 0.25) is 0 Å². The third-order valence-electron chi connectivity index (χ3n) is 2.38. The van der Waals surface area contributed by atoms with Crippen LogP contribution >= 0.6 is 0 Å². The molecule has 0 bridgehead atoms. The van der Waals surface area contributed by atoms with Crippen LogP contribution in [0.1, 0.15) is 47.0 Å². The summed E-state index contributed by atoms with van der Waals surface area (Å²) in [4.78, 5) is 0. The zero-order valence-electron chi connectivity index (χ0n) is 10.3. The monoisotopic (exact) mass is 201 g/mol. The van der Waals surface area contributed by atoms with Gasteiger partial charge in [-0.15, -0.1) is 0 Å². The Morgan fingerprint density at radius 3 is 2.43 bits per heavy atom. The zero-order chi connectivity index (χ0) is 10.8. The van der Waals surface area contributed by atoms with E-state index in [1.807, 2.05) is 0 Å². The van der Waals surface area contributed by atoms with Gasteiger partial charge in [0, 0.05) is 19.3 Å². The molecule has 0 saturated carbocycles. The molecule has 0 aromatic heterocycles. The quantitative estimate of drug-likeness (QED) is 0.579. The van der Waals surface area contributed by atoms with E-state index < -0.39 is 0 Å². The number of rotatable bonds is 9. The summed E-state index contributed by atoms with van der Waals surface area (Å²) in [6, 6.07) is 0.616. The number of nitrogens with one attached hydrogen (secondary N) is 1. The molecule has 0 radical (unpaired) electrons. The van der Waals surface area contributed by atoms with E-state index in [1.54, 1.807) is 0 Å². The topological polar surface area (TPSA) is 21.3 Å². The Balaban J connectivity index is 3.15. The fourth-order valence-electron chi connectivity index (χ4n) is 1.44. The summed E-state index contributed by atoms with van der Waals surface area (Å²) in [5.74, 6) is 0.821. The summed E-state index contributed by atoms with van der Waals surface area (Å²) in [7, 11) is 0. The minimum absolute atomic E-state index is 0.616. The first-order valence-electron chi connectivity index (χ1n) is 5.98. The maximum absolute atomic E-state index is 5.31. The lowest BCUT2D eigenvalue weighted by atomic mass is 10.0. The SMILES string of the molecule is CCOCCCC(C)CCNC(C)C. The molecular weight excluding hydrogens is 174 g/mol. The molecule has 0 saturated heterocycles. The third-order valence-corrected chi connectivity index (χ3v) is 2.38. The summed E-state index contributed by atoms with van der Waals surface area (Å²) >= 11 is 0. The summed E-state index contributed by atoms with van der Waals surface area (Å²) in [6.07, 6.45) is 3.78. The van der Waals surface area contributed by atoms with Gasteiger partial charge >= 0.3 is 0 Å². The maximum Gasteiger partial charge on any atom is 0.0465 e. The van der Waals surface area contributed by atoms with Crippen LogP contribution in [0.3, 0.4) is 0 Å². The lowest BCUT2D eigenvalue weighted by Crippen LogP contribution is -2.24. The van der Waals surface area contributed by atoms with E-state index >= 15 is 0 Å². The second-order valence-corrected chi connectivity index (χ2v) is 4.34. The van der Waals surface area contributed by atoms with Crippen molar-refractivity contribution in [2.24, 2.45) is 5.92 Å².